The van der Waals surface area contributed by atoms with Crippen LogP contribution in [0.1, 0.15) is 29.2 Å². The van der Waals surface area contributed by atoms with E-state index in [2.05, 4.69) is 33.4 Å². The number of fused-ring (bicyclic) bond motifs is 2. The molecule has 0 fully saturated rings. The van der Waals surface area contributed by atoms with E-state index in [4.69, 9.17) is 9.47 Å². The molecule has 1 aliphatic carbocycles. The fraction of sp³-hybridized carbons (Fsp3) is 0.368. The molecule has 1 heterocycles. The number of aliphatic hydroxyl groups is 1. The largest absolute Gasteiger partial charge is 0.490 e. The second kappa shape index (κ2) is 6.75. The number of ether oxygens (including phenoxy) is 2. The molecule has 0 radical (unpaired) electrons. The first-order chi connectivity index (χ1) is 11.7. The Hall–Kier alpha value is -1.56. The topological polar surface area (TPSA) is 50.7 Å². The van der Waals surface area contributed by atoms with Crippen LogP contribution in [0.3, 0.4) is 0 Å². The zero-order chi connectivity index (χ0) is 16.5. The monoisotopic (exact) mass is 389 g/mol. The van der Waals surface area contributed by atoms with Gasteiger partial charge in [-0.1, -0.05) is 24.3 Å². The molecular weight excluding hydrogens is 370 g/mol. The van der Waals surface area contributed by atoms with Crippen LogP contribution in [0.4, 0.5) is 0 Å². The lowest BCUT2D eigenvalue weighted by atomic mass is 10.1. The summed E-state index contributed by atoms with van der Waals surface area (Å²) < 4.78 is 12.4. The van der Waals surface area contributed by atoms with Crippen molar-refractivity contribution in [2.75, 3.05) is 13.2 Å². The van der Waals surface area contributed by atoms with Gasteiger partial charge >= 0.3 is 0 Å². The van der Waals surface area contributed by atoms with Gasteiger partial charge in [0.2, 0.25) is 0 Å². The highest BCUT2D eigenvalue weighted by molar-refractivity contribution is 9.10. The van der Waals surface area contributed by atoms with Crippen LogP contribution >= 0.6 is 15.9 Å². The molecule has 0 saturated heterocycles. The molecule has 0 amide bonds. The van der Waals surface area contributed by atoms with Gasteiger partial charge in [-0.2, -0.15) is 0 Å². The third-order valence-electron chi connectivity index (χ3n) is 4.59. The van der Waals surface area contributed by atoms with Gasteiger partial charge in [-0.15, -0.1) is 0 Å². The summed E-state index contributed by atoms with van der Waals surface area (Å²) in [7, 11) is 0. The van der Waals surface area contributed by atoms with Crippen molar-refractivity contribution in [2.45, 2.75) is 31.5 Å². The van der Waals surface area contributed by atoms with E-state index in [0.717, 1.165) is 28.0 Å². The molecule has 4 nitrogen and oxygen atoms in total. The van der Waals surface area contributed by atoms with Crippen LogP contribution in [0, 0.1) is 0 Å². The van der Waals surface area contributed by atoms with Gasteiger partial charge in [0.05, 0.1) is 29.8 Å². The first kappa shape index (κ1) is 15.9. The summed E-state index contributed by atoms with van der Waals surface area (Å²) in [5.41, 5.74) is 3.52. The smallest absolute Gasteiger partial charge is 0.175 e. The molecule has 4 rings (SSSR count). The molecule has 0 spiro atoms. The molecule has 2 aromatic carbocycles. The van der Waals surface area contributed by atoms with E-state index in [1.54, 1.807) is 0 Å². The second-order valence-electron chi connectivity index (χ2n) is 6.28. The van der Waals surface area contributed by atoms with E-state index >= 15 is 0 Å². The zero-order valence-corrected chi connectivity index (χ0v) is 14.9. The Morgan fingerprint density at radius 2 is 2.00 bits per heavy atom. The van der Waals surface area contributed by atoms with Gasteiger partial charge in [0.1, 0.15) is 0 Å². The fourth-order valence-electron chi connectivity index (χ4n) is 3.43. The number of benzene rings is 2. The Morgan fingerprint density at radius 3 is 2.92 bits per heavy atom. The van der Waals surface area contributed by atoms with Crippen molar-refractivity contribution in [1.82, 2.24) is 5.32 Å². The first-order valence-corrected chi connectivity index (χ1v) is 9.09. The standard InChI is InChI=1S/C19H20BrNO3/c20-15-8-12(9-17-19(15)24-7-3-6-23-17)11-21-18-14-5-2-1-4-13(14)10-16(18)22/h1-2,4-5,8-9,16,18,21-22H,3,6-7,10-11H2/t16-,18+/m0/s1. The van der Waals surface area contributed by atoms with Crippen LogP contribution in [-0.2, 0) is 13.0 Å². The molecule has 2 aliphatic rings. The van der Waals surface area contributed by atoms with E-state index in [0.29, 0.717) is 26.2 Å². The number of hydrogen-bond donors (Lipinski definition) is 2. The number of rotatable bonds is 3. The van der Waals surface area contributed by atoms with Crippen LogP contribution in [0.5, 0.6) is 11.5 Å². The Bertz CT molecular complexity index is 749. The van der Waals surface area contributed by atoms with Gasteiger partial charge in [0.25, 0.3) is 0 Å². The van der Waals surface area contributed by atoms with E-state index in [1.807, 2.05) is 24.3 Å². The highest BCUT2D eigenvalue weighted by atomic mass is 79.9. The van der Waals surface area contributed by atoms with Crippen molar-refractivity contribution >= 4 is 15.9 Å². The van der Waals surface area contributed by atoms with E-state index < -0.39 is 0 Å². The predicted molar refractivity (Wildman–Crippen MR) is 95.5 cm³/mol. The van der Waals surface area contributed by atoms with E-state index in [9.17, 15) is 5.11 Å². The highest BCUT2D eigenvalue weighted by Gasteiger charge is 2.30. The quantitative estimate of drug-likeness (QED) is 0.844. The van der Waals surface area contributed by atoms with Crippen molar-refractivity contribution in [2.24, 2.45) is 0 Å². The molecule has 2 N–H and O–H groups in total. The molecule has 2 atom stereocenters. The number of nitrogens with one attached hydrogen (secondary N) is 1. The molecule has 0 unspecified atom stereocenters. The molecule has 2 aromatic rings. The summed E-state index contributed by atoms with van der Waals surface area (Å²) in [5.74, 6) is 1.56. The Labute approximate surface area is 149 Å². The fourth-order valence-corrected chi connectivity index (χ4v) is 4.04. The van der Waals surface area contributed by atoms with Crippen LogP contribution in [-0.4, -0.2) is 24.4 Å². The van der Waals surface area contributed by atoms with Gasteiger partial charge in [0, 0.05) is 19.4 Å². The average Bonchev–Trinajstić information content (AvgIpc) is 2.73. The maximum absolute atomic E-state index is 10.4. The van der Waals surface area contributed by atoms with Crippen LogP contribution in [0.25, 0.3) is 0 Å². The Morgan fingerprint density at radius 1 is 1.17 bits per heavy atom. The first-order valence-electron chi connectivity index (χ1n) is 8.29. The van der Waals surface area contributed by atoms with Gasteiger partial charge in [-0.3, -0.25) is 0 Å². The number of halogens is 1. The van der Waals surface area contributed by atoms with Gasteiger partial charge in [-0.25, -0.2) is 0 Å². The lowest BCUT2D eigenvalue weighted by Crippen LogP contribution is -2.28. The summed E-state index contributed by atoms with van der Waals surface area (Å²) in [5, 5.41) is 13.8. The summed E-state index contributed by atoms with van der Waals surface area (Å²) in [6, 6.07) is 12.3. The molecule has 24 heavy (non-hydrogen) atoms. The maximum atomic E-state index is 10.4. The Kier molecular flexibility index (Phi) is 4.48. The lowest BCUT2D eigenvalue weighted by molar-refractivity contribution is 0.140. The van der Waals surface area contributed by atoms with E-state index in [-0.39, 0.29) is 12.1 Å². The van der Waals surface area contributed by atoms with Crippen LogP contribution in [0.2, 0.25) is 0 Å². The maximum Gasteiger partial charge on any atom is 0.175 e. The molecular formula is C19H20BrNO3. The zero-order valence-electron chi connectivity index (χ0n) is 13.3. The van der Waals surface area contributed by atoms with Crippen molar-refractivity contribution in [3.8, 4) is 11.5 Å². The van der Waals surface area contributed by atoms with Crippen molar-refractivity contribution < 1.29 is 14.6 Å². The third-order valence-corrected chi connectivity index (χ3v) is 5.18. The summed E-state index contributed by atoms with van der Waals surface area (Å²) >= 11 is 3.58. The predicted octanol–water partition coefficient (Wildman–Crippen LogP) is 3.36. The molecule has 0 bridgehead atoms. The van der Waals surface area contributed by atoms with Crippen molar-refractivity contribution in [3.05, 3.63) is 57.6 Å². The minimum absolute atomic E-state index is 0.0315. The molecule has 0 saturated carbocycles. The van der Waals surface area contributed by atoms with Crippen molar-refractivity contribution in [3.63, 3.8) is 0 Å². The van der Waals surface area contributed by atoms with Gasteiger partial charge in [-0.05, 0) is 44.8 Å². The van der Waals surface area contributed by atoms with E-state index in [1.165, 1.54) is 11.1 Å². The average molecular weight is 390 g/mol. The molecule has 1 aliphatic heterocycles. The highest BCUT2D eigenvalue weighted by Crippen LogP contribution is 2.38. The normalized spacial score (nSPS) is 22.1. The van der Waals surface area contributed by atoms with Crippen LogP contribution < -0.4 is 14.8 Å². The third kappa shape index (κ3) is 3.04. The second-order valence-corrected chi connectivity index (χ2v) is 7.14. The molecule has 126 valence electrons. The summed E-state index contributed by atoms with van der Waals surface area (Å²) in [4.78, 5) is 0. The SMILES string of the molecule is O[C@H]1Cc2ccccc2[C@H]1NCc1cc(Br)c2c(c1)OCCCO2. The number of hydrogen-bond acceptors (Lipinski definition) is 4. The lowest BCUT2D eigenvalue weighted by Gasteiger charge is -2.19. The van der Waals surface area contributed by atoms with Gasteiger partial charge in [0.15, 0.2) is 11.5 Å². The summed E-state index contributed by atoms with van der Waals surface area (Å²) in [6.07, 6.45) is 1.21. The van der Waals surface area contributed by atoms with Gasteiger partial charge < -0.3 is 19.9 Å². The van der Waals surface area contributed by atoms with Crippen LogP contribution in [0.15, 0.2) is 40.9 Å². The van der Waals surface area contributed by atoms with Crippen molar-refractivity contribution in [1.29, 1.82) is 0 Å². The number of aliphatic hydroxyl groups excluding tert-OH is 1. The minimum Gasteiger partial charge on any atom is -0.490 e. The molecule has 0 aromatic heterocycles. The minimum atomic E-state index is -0.383. The Balaban J connectivity index is 1.52. The molecule has 5 heteroatoms. The summed E-state index contributed by atoms with van der Waals surface area (Å²) in [6.45, 7) is 2.00.